The van der Waals surface area contributed by atoms with E-state index in [9.17, 15) is 19.1 Å². The van der Waals surface area contributed by atoms with Crippen molar-refractivity contribution >= 4 is 11.9 Å². The highest BCUT2D eigenvalue weighted by Gasteiger charge is 2.31. The van der Waals surface area contributed by atoms with Crippen LogP contribution in [0.25, 0.3) is 22.4 Å². The Morgan fingerprint density at radius 1 is 1.15 bits per heavy atom. The van der Waals surface area contributed by atoms with Crippen LogP contribution in [-0.2, 0) is 16.1 Å². The van der Waals surface area contributed by atoms with Gasteiger partial charge in [0.05, 0.1) is 23.8 Å². The number of carbonyl (C=O) groups is 2. The Hall–Kier alpha value is -3.45. The van der Waals surface area contributed by atoms with Crippen LogP contribution in [0.5, 0.6) is 0 Å². The van der Waals surface area contributed by atoms with E-state index < -0.39 is 24.1 Å². The highest BCUT2D eigenvalue weighted by molar-refractivity contribution is 6.05. The van der Waals surface area contributed by atoms with Crippen LogP contribution in [0.4, 0.5) is 4.39 Å². The predicted octanol–water partition coefficient (Wildman–Crippen LogP) is 4.64. The number of nitrogens with zero attached hydrogens (tertiary/aromatic N) is 1. The molecular weight excluding hydrogens is 435 g/mol. The van der Waals surface area contributed by atoms with Gasteiger partial charge in [0, 0.05) is 30.6 Å². The molecule has 1 aromatic heterocycles. The van der Waals surface area contributed by atoms with Gasteiger partial charge in [0.2, 0.25) is 0 Å². The van der Waals surface area contributed by atoms with Gasteiger partial charge in [-0.15, -0.1) is 0 Å². The Morgan fingerprint density at radius 2 is 1.82 bits per heavy atom. The molecule has 0 radical (unpaired) electrons. The second-order valence-electron chi connectivity index (χ2n) is 9.02. The number of ether oxygens (including phenoxy) is 1. The fourth-order valence-corrected chi connectivity index (χ4v) is 4.82. The number of aromatic nitrogens is 1. The number of amides is 1. The van der Waals surface area contributed by atoms with Crippen molar-refractivity contribution in [2.45, 2.75) is 57.8 Å². The summed E-state index contributed by atoms with van der Waals surface area (Å²) in [4.78, 5) is 24.6. The van der Waals surface area contributed by atoms with Crippen molar-refractivity contribution < 1.29 is 23.8 Å². The van der Waals surface area contributed by atoms with Crippen molar-refractivity contribution in [3.05, 3.63) is 71.7 Å². The lowest BCUT2D eigenvalue weighted by Crippen LogP contribution is -2.33. The van der Waals surface area contributed by atoms with Crippen molar-refractivity contribution in [2.75, 3.05) is 0 Å². The van der Waals surface area contributed by atoms with E-state index in [1.165, 1.54) is 12.1 Å². The molecule has 7 heteroatoms. The molecule has 1 saturated heterocycles. The lowest BCUT2D eigenvalue weighted by atomic mass is 9.94. The molecule has 0 bridgehead atoms. The summed E-state index contributed by atoms with van der Waals surface area (Å²) >= 11 is 0. The Bertz CT molecular complexity index is 1190. The monoisotopic (exact) mass is 464 g/mol. The first kappa shape index (κ1) is 23.7. The van der Waals surface area contributed by atoms with E-state index in [-0.39, 0.29) is 18.2 Å². The quantitative estimate of drug-likeness (QED) is 0.498. The molecule has 1 aliphatic rings. The molecular formula is C27H29FN2O4. The van der Waals surface area contributed by atoms with Gasteiger partial charge in [0.1, 0.15) is 11.9 Å². The van der Waals surface area contributed by atoms with E-state index in [2.05, 4.69) is 0 Å². The van der Waals surface area contributed by atoms with E-state index in [0.717, 1.165) is 22.5 Å². The molecule has 34 heavy (non-hydrogen) atoms. The molecule has 1 aliphatic heterocycles. The molecule has 4 rings (SSSR count). The maximum atomic E-state index is 13.8. The standard InChI is InChI=1S/C27H29FN2O4/c1-16(2)25-24(27(29)33)23(17-6-4-3-5-7-17)26(18-8-10-19(28)11-9-18)30(25)13-12-21-14-20(31)15-22(32)34-21/h3-11,16,20-21,31H,12-15H2,1-2H3,(H2,29,33)/t20-,21-/m1/s1. The second kappa shape index (κ2) is 9.81. The minimum absolute atomic E-state index is 0.00206. The number of hydrogen-bond acceptors (Lipinski definition) is 4. The Labute approximate surface area is 198 Å². The van der Waals surface area contributed by atoms with Crippen molar-refractivity contribution in [2.24, 2.45) is 5.73 Å². The molecule has 2 atom stereocenters. The van der Waals surface area contributed by atoms with Crippen LogP contribution in [0.15, 0.2) is 54.6 Å². The van der Waals surface area contributed by atoms with Crippen LogP contribution in [0.1, 0.15) is 55.1 Å². The average Bonchev–Trinajstić information content (AvgIpc) is 3.14. The number of carbonyl (C=O) groups excluding carboxylic acids is 2. The highest BCUT2D eigenvalue weighted by atomic mass is 19.1. The summed E-state index contributed by atoms with van der Waals surface area (Å²) in [6.07, 6.45) is -0.334. The summed E-state index contributed by atoms with van der Waals surface area (Å²) in [5, 5.41) is 10.0. The molecule has 2 aromatic carbocycles. The topological polar surface area (TPSA) is 94.5 Å². The molecule has 0 unspecified atom stereocenters. The van der Waals surface area contributed by atoms with E-state index in [0.29, 0.717) is 30.5 Å². The van der Waals surface area contributed by atoms with Gasteiger partial charge >= 0.3 is 5.97 Å². The van der Waals surface area contributed by atoms with Gasteiger partial charge in [0.25, 0.3) is 5.91 Å². The van der Waals surface area contributed by atoms with Gasteiger partial charge < -0.3 is 20.1 Å². The number of cyclic esters (lactones) is 1. The number of hydrogen-bond donors (Lipinski definition) is 2. The Kier molecular flexibility index (Phi) is 6.84. The molecule has 1 amide bonds. The maximum absolute atomic E-state index is 13.8. The molecule has 1 fully saturated rings. The highest BCUT2D eigenvalue weighted by Crippen LogP contribution is 2.42. The van der Waals surface area contributed by atoms with Crippen molar-refractivity contribution in [1.29, 1.82) is 0 Å². The van der Waals surface area contributed by atoms with E-state index in [1.54, 1.807) is 12.1 Å². The van der Waals surface area contributed by atoms with E-state index in [1.807, 2.05) is 48.7 Å². The van der Waals surface area contributed by atoms with Crippen LogP contribution in [0.2, 0.25) is 0 Å². The largest absolute Gasteiger partial charge is 0.462 e. The molecule has 0 aliphatic carbocycles. The third-order valence-electron chi connectivity index (χ3n) is 6.19. The fraction of sp³-hybridized carbons (Fsp3) is 0.333. The molecule has 6 nitrogen and oxygen atoms in total. The zero-order valence-corrected chi connectivity index (χ0v) is 19.3. The predicted molar refractivity (Wildman–Crippen MR) is 128 cm³/mol. The number of nitrogens with two attached hydrogens (primary N) is 1. The molecule has 178 valence electrons. The first-order valence-electron chi connectivity index (χ1n) is 11.5. The third kappa shape index (κ3) is 4.75. The van der Waals surface area contributed by atoms with Gasteiger partial charge in [-0.05, 0) is 41.3 Å². The molecule has 0 spiro atoms. The van der Waals surface area contributed by atoms with Crippen LogP contribution in [0.3, 0.4) is 0 Å². The van der Waals surface area contributed by atoms with Crippen LogP contribution in [0, 0.1) is 5.82 Å². The van der Waals surface area contributed by atoms with Gasteiger partial charge in [-0.25, -0.2) is 4.39 Å². The summed E-state index contributed by atoms with van der Waals surface area (Å²) in [6, 6.07) is 15.7. The second-order valence-corrected chi connectivity index (χ2v) is 9.02. The van der Waals surface area contributed by atoms with Gasteiger partial charge in [-0.1, -0.05) is 44.2 Å². The number of primary amides is 1. The molecule has 3 N–H and O–H groups in total. The average molecular weight is 465 g/mol. The SMILES string of the molecule is CC(C)c1c(C(N)=O)c(-c2ccccc2)c(-c2ccc(F)cc2)n1CC[C@@H]1C[C@@H](O)CC(=O)O1. The lowest BCUT2D eigenvalue weighted by molar-refractivity contribution is -0.160. The summed E-state index contributed by atoms with van der Waals surface area (Å²) in [5.41, 5.74) is 10.2. The van der Waals surface area contributed by atoms with Crippen LogP contribution >= 0.6 is 0 Å². The van der Waals surface area contributed by atoms with Crippen LogP contribution in [-0.4, -0.2) is 33.8 Å². The van der Waals surface area contributed by atoms with Crippen molar-refractivity contribution in [3.63, 3.8) is 0 Å². The minimum Gasteiger partial charge on any atom is -0.462 e. The first-order valence-corrected chi connectivity index (χ1v) is 11.5. The Morgan fingerprint density at radius 3 is 2.41 bits per heavy atom. The maximum Gasteiger partial charge on any atom is 0.308 e. The van der Waals surface area contributed by atoms with Gasteiger partial charge in [-0.2, -0.15) is 0 Å². The normalized spacial score (nSPS) is 18.2. The summed E-state index contributed by atoms with van der Waals surface area (Å²) in [6.45, 7) is 4.41. The summed E-state index contributed by atoms with van der Waals surface area (Å²) < 4.78 is 21.3. The number of esters is 1. The van der Waals surface area contributed by atoms with Gasteiger partial charge in [-0.3, -0.25) is 9.59 Å². The summed E-state index contributed by atoms with van der Waals surface area (Å²) in [7, 11) is 0. The number of aliphatic hydroxyl groups excluding tert-OH is 1. The Balaban J connectivity index is 1.91. The summed E-state index contributed by atoms with van der Waals surface area (Å²) in [5.74, 6) is -1.35. The molecule has 2 heterocycles. The lowest BCUT2D eigenvalue weighted by Gasteiger charge is -2.27. The third-order valence-corrected chi connectivity index (χ3v) is 6.19. The first-order chi connectivity index (χ1) is 16.3. The fourth-order valence-electron chi connectivity index (χ4n) is 4.82. The van der Waals surface area contributed by atoms with Crippen molar-refractivity contribution in [3.8, 4) is 22.4 Å². The number of rotatable bonds is 7. The smallest absolute Gasteiger partial charge is 0.308 e. The minimum atomic E-state index is -0.724. The van der Waals surface area contributed by atoms with Crippen molar-refractivity contribution in [1.82, 2.24) is 4.57 Å². The van der Waals surface area contributed by atoms with E-state index in [4.69, 9.17) is 10.5 Å². The number of aliphatic hydroxyl groups is 1. The molecule has 0 saturated carbocycles. The van der Waals surface area contributed by atoms with Crippen LogP contribution < -0.4 is 5.73 Å². The zero-order chi connectivity index (χ0) is 24.4. The van der Waals surface area contributed by atoms with Gasteiger partial charge in [0.15, 0.2) is 0 Å². The molecule has 3 aromatic rings. The number of halogens is 1. The zero-order valence-electron chi connectivity index (χ0n) is 19.3. The number of benzene rings is 2. The van der Waals surface area contributed by atoms with E-state index >= 15 is 0 Å².